The van der Waals surface area contributed by atoms with Gasteiger partial charge in [0.1, 0.15) is 0 Å². The minimum atomic E-state index is -0.115. The molecule has 2 heterocycles. The number of hydrogen-bond acceptors (Lipinski definition) is 3. The van der Waals surface area contributed by atoms with Gasteiger partial charge in [-0.15, -0.1) is 0 Å². The summed E-state index contributed by atoms with van der Waals surface area (Å²) in [5.41, 5.74) is 5.23. The Labute approximate surface area is 162 Å². The van der Waals surface area contributed by atoms with Crippen molar-refractivity contribution in [2.45, 2.75) is 13.8 Å². The van der Waals surface area contributed by atoms with Crippen molar-refractivity contribution in [1.82, 2.24) is 9.88 Å². The van der Waals surface area contributed by atoms with E-state index in [2.05, 4.69) is 23.3 Å². The van der Waals surface area contributed by atoms with Gasteiger partial charge in [0.15, 0.2) is 5.17 Å². The maximum atomic E-state index is 12.3. The molecule has 0 spiro atoms. The first kappa shape index (κ1) is 17.4. The molecule has 4 nitrogen and oxygen atoms in total. The summed E-state index contributed by atoms with van der Waals surface area (Å²) >= 11 is 1.37. The molecule has 27 heavy (non-hydrogen) atoms. The van der Waals surface area contributed by atoms with Crippen LogP contribution >= 0.6 is 11.8 Å². The van der Waals surface area contributed by atoms with Crippen molar-refractivity contribution in [1.29, 1.82) is 0 Å². The van der Waals surface area contributed by atoms with E-state index in [1.54, 1.807) is 0 Å². The molecule has 1 amide bonds. The fourth-order valence-electron chi connectivity index (χ4n) is 2.93. The van der Waals surface area contributed by atoms with Gasteiger partial charge in [-0.25, -0.2) is 4.99 Å². The summed E-state index contributed by atoms with van der Waals surface area (Å²) in [6.07, 6.45) is 5.89. The third-order valence-corrected chi connectivity index (χ3v) is 5.20. The second-order valence-electron chi connectivity index (χ2n) is 6.46. The van der Waals surface area contributed by atoms with Gasteiger partial charge in [0.2, 0.25) is 0 Å². The van der Waals surface area contributed by atoms with Crippen LogP contribution in [0.5, 0.6) is 0 Å². The number of aryl methyl sites for hydroxylation is 2. The smallest absolute Gasteiger partial charge is 0.264 e. The van der Waals surface area contributed by atoms with Gasteiger partial charge in [0, 0.05) is 18.1 Å². The standard InChI is InChI=1S/C22H19N3OS/c1-15-8-9-19(16(2)12-15)23-22-24-21(26)20(27-22)13-17-10-11-25(14-17)18-6-4-3-5-7-18/h3-14H,1-2H3,(H,23,24,26)/b20-13+. The largest absolute Gasteiger partial charge is 0.323 e. The van der Waals surface area contributed by atoms with E-state index in [4.69, 9.17) is 0 Å². The Kier molecular flexibility index (Phi) is 4.69. The number of thioether (sulfide) groups is 1. The van der Waals surface area contributed by atoms with Crippen LogP contribution in [0, 0.1) is 13.8 Å². The van der Waals surface area contributed by atoms with Crippen molar-refractivity contribution in [3.8, 4) is 5.69 Å². The molecule has 2 aromatic carbocycles. The Balaban J connectivity index is 1.56. The third-order valence-electron chi connectivity index (χ3n) is 4.29. The molecule has 134 valence electrons. The Bertz CT molecular complexity index is 1060. The summed E-state index contributed by atoms with van der Waals surface area (Å²) in [6.45, 7) is 4.08. The number of amidine groups is 1. The first-order chi connectivity index (χ1) is 13.1. The van der Waals surface area contributed by atoms with E-state index in [-0.39, 0.29) is 5.91 Å². The van der Waals surface area contributed by atoms with Crippen LogP contribution in [0.4, 0.5) is 5.69 Å². The van der Waals surface area contributed by atoms with E-state index >= 15 is 0 Å². The molecule has 4 rings (SSSR count). The van der Waals surface area contributed by atoms with Gasteiger partial charge in [-0.3, -0.25) is 4.79 Å². The SMILES string of the molecule is Cc1ccc(N=C2NC(=O)/C(=C\c3ccn(-c4ccccc4)c3)S2)c(C)c1. The van der Waals surface area contributed by atoms with Gasteiger partial charge in [0.25, 0.3) is 5.91 Å². The number of carbonyl (C=O) groups excluding carboxylic acids is 1. The minimum Gasteiger partial charge on any atom is -0.323 e. The molecule has 3 aromatic rings. The first-order valence-electron chi connectivity index (χ1n) is 8.69. The predicted octanol–water partition coefficient (Wildman–Crippen LogP) is 4.99. The van der Waals surface area contributed by atoms with Crippen LogP contribution in [-0.4, -0.2) is 15.6 Å². The fraction of sp³-hybridized carbons (Fsp3) is 0.0909. The Morgan fingerprint density at radius 3 is 2.67 bits per heavy atom. The summed E-state index contributed by atoms with van der Waals surface area (Å²) in [7, 11) is 0. The lowest BCUT2D eigenvalue weighted by atomic mass is 10.1. The zero-order chi connectivity index (χ0) is 18.8. The van der Waals surface area contributed by atoms with Gasteiger partial charge in [0.05, 0.1) is 10.6 Å². The summed E-state index contributed by atoms with van der Waals surface area (Å²) in [4.78, 5) is 17.5. The van der Waals surface area contributed by atoms with Gasteiger partial charge >= 0.3 is 0 Å². The molecule has 0 aliphatic carbocycles. The van der Waals surface area contributed by atoms with Gasteiger partial charge in [-0.2, -0.15) is 0 Å². The van der Waals surface area contributed by atoms with Crippen molar-refractivity contribution in [2.75, 3.05) is 0 Å². The van der Waals surface area contributed by atoms with E-state index in [9.17, 15) is 4.79 Å². The topological polar surface area (TPSA) is 46.4 Å². The molecule has 0 radical (unpaired) electrons. The Morgan fingerprint density at radius 1 is 1.07 bits per heavy atom. The molecule has 0 atom stereocenters. The molecule has 1 fully saturated rings. The quantitative estimate of drug-likeness (QED) is 0.658. The van der Waals surface area contributed by atoms with Gasteiger partial charge < -0.3 is 9.88 Å². The number of nitrogens with zero attached hydrogens (tertiary/aromatic N) is 2. The lowest BCUT2D eigenvalue weighted by molar-refractivity contribution is -0.115. The maximum Gasteiger partial charge on any atom is 0.264 e. The summed E-state index contributed by atoms with van der Waals surface area (Å²) in [5.74, 6) is -0.115. The van der Waals surface area contributed by atoms with Crippen molar-refractivity contribution >= 4 is 34.6 Å². The molecule has 0 bridgehead atoms. The Morgan fingerprint density at radius 2 is 1.89 bits per heavy atom. The van der Waals surface area contributed by atoms with E-state index in [0.717, 1.165) is 22.5 Å². The molecule has 1 saturated heterocycles. The number of nitrogens with one attached hydrogen (secondary N) is 1. The van der Waals surface area contributed by atoms with E-state index < -0.39 is 0 Å². The van der Waals surface area contributed by atoms with Crippen LogP contribution in [0.25, 0.3) is 11.8 Å². The number of hydrogen-bond donors (Lipinski definition) is 1. The molecular weight excluding hydrogens is 354 g/mol. The monoisotopic (exact) mass is 373 g/mol. The average Bonchev–Trinajstić information content (AvgIpc) is 3.26. The van der Waals surface area contributed by atoms with E-state index in [1.165, 1.54) is 17.3 Å². The molecule has 1 aliphatic heterocycles. The summed E-state index contributed by atoms with van der Waals surface area (Å²) < 4.78 is 2.04. The minimum absolute atomic E-state index is 0.115. The first-order valence-corrected chi connectivity index (χ1v) is 9.50. The number of benzene rings is 2. The van der Waals surface area contributed by atoms with E-state index in [0.29, 0.717) is 10.1 Å². The molecular formula is C22H19N3OS. The molecule has 1 aliphatic rings. The molecule has 0 saturated carbocycles. The van der Waals surface area contributed by atoms with Crippen LogP contribution in [0.1, 0.15) is 16.7 Å². The summed E-state index contributed by atoms with van der Waals surface area (Å²) in [5, 5.41) is 3.46. The average molecular weight is 373 g/mol. The maximum absolute atomic E-state index is 12.3. The lowest BCUT2D eigenvalue weighted by Gasteiger charge is -2.02. The van der Waals surface area contributed by atoms with Crippen molar-refractivity contribution in [3.05, 3.63) is 88.6 Å². The Hall–Kier alpha value is -3.05. The summed E-state index contributed by atoms with van der Waals surface area (Å²) in [6, 6.07) is 18.2. The third kappa shape index (κ3) is 3.88. The molecule has 5 heteroatoms. The van der Waals surface area contributed by atoms with Crippen LogP contribution in [0.2, 0.25) is 0 Å². The van der Waals surface area contributed by atoms with Crippen molar-refractivity contribution < 1.29 is 4.79 Å². The highest BCUT2D eigenvalue weighted by molar-refractivity contribution is 8.18. The van der Waals surface area contributed by atoms with E-state index in [1.807, 2.05) is 78.5 Å². The number of amides is 1. The second kappa shape index (κ2) is 7.29. The highest BCUT2D eigenvalue weighted by Gasteiger charge is 2.24. The normalized spacial score (nSPS) is 16.9. The fourth-order valence-corrected chi connectivity index (χ4v) is 3.77. The zero-order valence-electron chi connectivity index (χ0n) is 15.1. The zero-order valence-corrected chi connectivity index (χ0v) is 16.0. The van der Waals surface area contributed by atoms with Crippen LogP contribution in [0.3, 0.4) is 0 Å². The molecule has 1 aromatic heterocycles. The number of para-hydroxylation sites is 1. The highest BCUT2D eigenvalue weighted by atomic mass is 32.2. The van der Waals surface area contributed by atoms with Crippen LogP contribution in [0.15, 0.2) is 76.9 Å². The van der Waals surface area contributed by atoms with Gasteiger partial charge in [-0.1, -0.05) is 35.9 Å². The van der Waals surface area contributed by atoms with Gasteiger partial charge in [-0.05, 0) is 67.1 Å². The number of carbonyl (C=O) groups is 1. The van der Waals surface area contributed by atoms with Crippen molar-refractivity contribution in [3.63, 3.8) is 0 Å². The number of aliphatic imine (C=N–C) groups is 1. The predicted molar refractivity (Wildman–Crippen MR) is 112 cm³/mol. The van der Waals surface area contributed by atoms with Crippen LogP contribution in [-0.2, 0) is 4.79 Å². The number of aromatic nitrogens is 1. The number of rotatable bonds is 3. The van der Waals surface area contributed by atoms with Crippen molar-refractivity contribution in [2.24, 2.45) is 4.99 Å². The lowest BCUT2D eigenvalue weighted by Crippen LogP contribution is -2.19. The molecule has 0 unspecified atom stereocenters. The van der Waals surface area contributed by atoms with Crippen LogP contribution < -0.4 is 5.32 Å². The highest BCUT2D eigenvalue weighted by Crippen LogP contribution is 2.29. The second-order valence-corrected chi connectivity index (χ2v) is 7.49. The molecule has 1 N–H and O–H groups in total.